The lowest BCUT2D eigenvalue weighted by molar-refractivity contribution is -0.118. The average molecular weight is 561 g/mol. The Morgan fingerprint density at radius 3 is 2.42 bits per heavy atom. The van der Waals surface area contributed by atoms with Gasteiger partial charge < -0.3 is 20.3 Å². The quantitative estimate of drug-likeness (QED) is 0.410. The highest BCUT2D eigenvalue weighted by Crippen LogP contribution is 2.19. The van der Waals surface area contributed by atoms with Crippen LogP contribution in [0.5, 0.6) is 5.75 Å². The van der Waals surface area contributed by atoms with Crippen molar-refractivity contribution in [2.45, 2.75) is 0 Å². The minimum Gasteiger partial charge on any atom is -0.483 e. The molecule has 3 aromatic carbocycles. The van der Waals surface area contributed by atoms with Gasteiger partial charge in [-0.2, -0.15) is 0 Å². The van der Waals surface area contributed by atoms with E-state index >= 15 is 0 Å². The van der Waals surface area contributed by atoms with Crippen LogP contribution in [0.15, 0.2) is 72.8 Å². The van der Waals surface area contributed by atoms with Gasteiger partial charge in [0.2, 0.25) is 5.91 Å². The Hall–Kier alpha value is -3.47. The molecule has 170 valence electrons. The number of amides is 3. The zero-order valence-corrected chi connectivity index (χ0v) is 19.8. The second-order valence-corrected chi connectivity index (χ2v) is 8.17. The van der Waals surface area contributed by atoms with E-state index in [0.717, 1.165) is 0 Å². The van der Waals surface area contributed by atoms with E-state index in [1.807, 2.05) is 40.8 Å². The molecule has 0 saturated carbocycles. The lowest BCUT2D eigenvalue weighted by atomic mass is 10.2. The van der Waals surface area contributed by atoms with E-state index in [0.29, 0.717) is 9.26 Å². The second kappa shape index (κ2) is 11.4. The SMILES string of the molecule is CN(C(=O)CNC(=O)c1ccccc1OCC(=O)Nc1ccc(I)cc1F)c1ccccc1. The Morgan fingerprint density at radius 1 is 1.00 bits per heavy atom. The maximum atomic E-state index is 13.9. The molecule has 0 unspecified atom stereocenters. The van der Waals surface area contributed by atoms with Crippen molar-refractivity contribution < 1.29 is 23.5 Å². The molecule has 0 atom stereocenters. The van der Waals surface area contributed by atoms with Gasteiger partial charge >= 0.3 is 0 Å². The van der Waals surface area contributed by atoms with Gasteiger partial charge in [0, 0.05) is 16.3 Å². The number of para-hydroxylation sites is 2. The van der Waals surface area contributed by atoms with E-state index in [-0.39, 0.29) is 29.5 Å². The smallest absolute Gasteiger partial charge is 0.262 e. The van der Waals surface area contributed by atoms with Crippen molar-refractivity contribution in [2.24, 2.45) is 0 Å². The lowest BCUT2D eigenvalue weighted by Gasteiger charge is -2.18. The summed E-state index contributed by atoms with van der Waals surface area (Å²) in [6.45, 7) is -0.642. The zero-order valence-electron chi connectivity index (χ0n) is 17.7. The number of nitrogens with one attached hydrogen (secondary N) is 2. The maximum Gasteiger partial charge on any atom is 0.262 e. The van der Waals surface area contributed by atoms with Crippen LogP contribution in [-0.4, -0.2) is 37.9 Å². The molecule has 0 radical (unpaired) electrons. The third kappa shape index (κ3) is 6.75. The normalized spacial score (nSPS) is 10.3. The highest BCUT2D eigenvalue weighted by atomic mass is 127. The van der Waals surface area contributed by atoms with Crippen molar-refractivity contribution in [1.29, 1.82) is 0 Å². The summed E-state index contributed by atoms with van der Waals surface area (Å²) >= 11 is 1.97. The van der Waals surface area contributed by atoms with Gasteiger partial charge in [0.15, 0.2) is 6.61 Å². The number of likely N-dealkylation sites (N-methyl/N-ethyl adjacent to an activating group) is 1. The third-order valence-electron chi connectivity index (χ3n) is 4.61. The molecule has 0 aliphatic carbocycles. The molecule has 3 aromatic rings. The van der Waals surface area contributed by atoms with Crippen LogP contribution in [-0.2, 0) is 9.59 Å². The van der Waals surface area contributed by atoms with Crippen LogP contribution in [0.25, 0.3) is 0 Å². The van der Waals surface area contributed by atoms with Gasteiger partial charge in [0.25, 0.3) is 11.8 Å². The van der Waals surface area contributed by atoms with Crippen LogP contribution in [0.3, 0.4) is 0 Å². The van der Waals surface area contributed by atoms with E-state index in [9.17, 15) is 18.8 Å². The predicted octanol–water partition coefficient (Wildman–Crippen LogP) is 3.84. The first-order valence-corrected chi connectivity index (χ1v) is 11.0. The van der Waals surface area contributed by atoms with Gasteiger partial charge in [-0.25, -0.2) is 4.39 Å². The average Bonchev–Trinajstić information content (AvgIpc) is 2.83. The second-order valence-electron chi connectivity index (χ2n) is 6.93. The summed E-state index contributed by atoms with van der Waals surface area (Å²) in [5.41, 5.74) is 0.910. The number of anilines is 2. The van der Waals surface area contributed by atoms with Gasteiger partial charge in [-0.3, -0.25) is 14.4 Å². The van der Waals surface area contributed by atoms with Crippen molar-refractivity contribution in [3.63, 3.8) is 0 Å². The lowest BCUT2D eigenvalue weighted by Crippen LogP contribution is -2.38. The molecule has 33 heavy (non-hydrogen) atoms. The molecule has 0 bridgehead atoms. The van der Waals surface area contributed by atoms with Gasteiger partial charge in [0.05, 0.1) is 17.8 Å². The maximum absolute atomic E-state index is 13.9. The van der Waals surface area contributed by atoms with E-state index in [2.05, 4.69) is 10.6 Å². The topological polar surface area (TPSA) is 87.7 Å². The molecule has 3 rings (SSSR count). The van der Waals surface area contributed by atoms with Crippen LogP contribution in [0, 0.1) is 9.39 Å². The molecule has 2 N–H and O–H groups in total. The summed E-state index contributed by atoms with van der Waals surface area (Å²) in [5, 5.41) is 5.00. The molecule has 0 aromatic heterocycles. The molecule has 7 nitrogen and oxygen atoms in total. The van der Waals surface area contributed by atoms with Crippen LogP contribution in [0.4, 0.5) is 15.8 Å². The number of carbonyl (C=O) groups excluding carboxylic acids is 3. The first kappa shape index (κ1) is 24.2. The van der Waals surface area contributed by atoms with Gasteiger partial charge in [-0.1, -0.05) is 30.3 Å². The summed E-state index contributed by atoms with van der Waals surface area (Å²) in [6.07, 6.45) is 0. The molecule has 0 aliphatic rings. The number of hydrogen-bond acceptors (Lipinski definition) is 4. The van der Waals surface area contributed by atoms with Crippen LogP contribution in [0.2, 0.25) is 0 Å². The fourth-order valence-electron chi connectivity index (χ4n) is 2.87. The third-order valence-corrected chi connectivity index (χ3v) is 5.28. The molecular formula is C24H21FIN3O4. The largest absolute Gasteiger partial charge is 0.483 e. The summed E-state index contributed by atoms with van der Waals surface area (Å²) in [4.78, 5) is 38.6. The van der Waals surface area contributed by atoms with Crippen molar-refractivity contribution in [1.82, 2.24) is 5.32 Å². The Bertz CT molecular complexity index is 1160. The summed E-state index contributed by atoms with van der Waals surface area (Å²) in [7, 11) is 1.62. The molecule has 0 heterocycles. The Balaban J connectivity index is 1.57. The number of rotatable bonds is 8. The van der Waals surface area contributed by atoms with Crippen LogP contribution in [0.1, 0.15) is 10.4 Å². The van der Waals surface area contributed by atoms with Crippen molar-refractivity contribution in [3.8, 4) is 5.75 Å². The Kier molecular flexibility index (Phi) is 8.36. The molecule has 9 heteroatoms. The van der Waals surface area contributed by atoms with Gasteiger partial charge in [0.1, 0.15) is 11.6 Å². The minimum atomic E-state index is -0.579. The monoisotopic (exact) mass is 561 g/mol. The van der Waals surface area contributed by atoms with E-state index in [4.69, 9.17) is 4.74 Å². The molecule has 0 spiro atoms. The van der Waals surface area contributed by atoms with Crippen molar-refractivity contribution in [2.75, 3.05) is 30.4 Å². The Labute approximate surface area is 204 Å². The van der Waals surface area contributed by atoms with E-state index < -0.39 is 24.2 Å². The number of hydrogen-bond donors (Lipinski definition) is 2. The number of ether oxygens (including phenoxy) is 1. The predicted molar refractivity (Wildman–Crippen MR) is 132 cm³/mol. The van der Waals surface area contributed by atoms with Crippen LogP contribution >= 0.6 is 22.6 Å². The number of benzene rings is 3. The molecule has 3 amide bonds. The summed E-state index contributed by atoms with van der Waals surface area (Å²) in [6, 6.07) is 19.8. The Morgan fingerprint density at radius 2 is 1.70 bits per heavy atom. The summed E-state index contributed by atoms with van der Waals surface area (Å²) in [5.74, 6) is -1.79. The molecule has 0 aliphatic heterocycles. The number of carbonyl (C=O) groups is 3. The van der Waals surface area contributed by atoms with Crippen molar-refractivity contribution in [3.05, 3.63) is 87.7 Å². The van der Waals surface area contributed by atoms with Crippen LogP contribution < -0.4 is 20.3 Å². The number of halogens is 2. The minimum absolute atomic E-state index is 0.0380. The highest BCUT2D eigenvalue weighted by Gasteiger charge is 2.17. The number of nitrogens with zero attached hydrogens (tertiary/aromatic N) is 1. The first-order chi connectivity index (χ1) is 15.8. The van der Waals surface area contributed by atoms with E-state index in [1.165, 1.54) is 29.2 Å². The zero-order chi connectivity index (χ0) is 23.8. The van der Waals surface area contributed by atoms with Crippen molar-refractivity contribution >= 4 is 51.7 Å². The van der Waals surface area contributed by atoms with E-state index in [1.54, 1.807) is 37.4 Å². The van der Waals surface area contributed by atoms with Gasteiger partial charge in [-0.05, 0) is 65.1 Å². The molecular weight excluding hydrogens is 540 g/mol. The standard InChI is InChI=1S/C24H21FIN3O4/c1-29(17-7-3-2-4-8-17)23(31)14-27-24(32)18-9-5-6-10-21(18)33-15-22(30)28-20-12-11-16(26)13-19(20)25/h2-13H,14-15H2,1H3,(H,27,32)(H,28,30). The van der Waals surface area contributed by atoms with Gasteiger partial charge in [-0.15, -0.1) is 0 Å². The first-order valence-electron chi connectivity index (χ1n) is 9.91. The highest BCUT2D eigenvalue weighted by molar-refractivity contribution is 14.1. The summed E-state index contributed by atoms with van der Waals surface area (Å²) < 4.78 is 20.1. The fourth-order valence-corrected chi connectivity index (χ4v) is 3.32. The fraction of sp³-hybridized carbons (Fsp3) is 0.125. The molecule has 0 saturated heterocycles. The molecule has 0 fully saturated rings.